The highest BCUT2D eigenvalue weighted by molar-refractivity contribution is 7.17. The lowest BCUT2D eigenvalue weighted by atomic mass is 9.97. The summed E-state index contributed by atoms with van der Waals surface area (Å²) >= 11 is 1.40. The van der Waals surface area contributed by atoms with E-state index in [1.54, 1.807) is 5.38 Å². The lowest BCUT2D eigenvalue weighted by Gasteiger charge is -2.10. The van der Waals surface area contributed by atoms with Crippen LogP contribution in [0.25, 0.3) is 32.6 Å². The van der Waals surface area contributed by atoms with Crippen molar-refractivity contribution in [3.63, 3.8) is 0 Å². The van der Waals surface area contributed by atoms with Crippen LogP contribution in [0.1, 0.15) is 0 Å². The number of thiophene rings is 1. The van der Waals surface area contributed by atoms with Gasteiger partial charge in [0.1, 0.15) is 11.4 Å². The maximum atomic E-state index is 10.3. The molecule has 0 unspecified atom stereocenters. The lowest BCUT2D eigenvalue weighted by molar-refractivity contribution is 0.484. The van der Waals surface area contributed by atoms with E-state index in [-0.39, 0.29) is 5.75 Å². The van der Waals surface area contributed by atoms with Crippen molar-refractivity contribution >= 4 is 21.6 Å². The molecule has 0 aliphatic carbocycles. The van der Waals surface area contributed by atoms with Gasteiger partial charge in [-0.05, 0) is 5.56 Å². The van der Waals surface area contributed by atoms with Crippen molar-refractivity contribution in [2.24, 2.45) is 0 Å². The average Bonchev–Trinajstić information content (AvgIpc) is 2.97. The summed E-state index contributed by atoms with van der Waals surface area (Å²) in [7, 11) is 0. The van der Waals surface area contributed by atoms with Crippen molar-refractivity contribution in [2.75, 3.05) is 0 Å². The van der Waals surface area contributed by atoms with Crippen molar-refractivity contribution in [2.45, 2.75) is 0 Å². The molecular weight excluding hydrogens is 292 g/mol. The first-order chi connectivity index (χ1) is 10.8. The van der Waals surface area contributed by atoms with Gasteiger partial charge in [-0.3, -0.25) is 0 Å². The van der Waals surface area contributed by atoms with Crippen molar-refractivity contribution < 1.29 is 5.11 Å². The number of aromatic nitrogens is 2. The van der Waals surface area contributed by atoms with Crippen LogP contribution in [-0.4, -0.2) is 15.3 Å². The number of fused-ring (bicyclic) bond motifs is 1. The Bertz CT molecular complexity index is 933. The minimum Gasteiger partial charge on any atom is -0.506 e. The standard InChI is InChI=1S/C18H12N2OS/c21-14-11-22-18-16(14)15(12-7-3-1-4-8-12)17(19-20-18)13-9-5-2-6-10-13/h1-11,21H. The second-order valence-corrected chi connectivity index (χ2v) is 5.81. The summed E-state index contributed by atoms with van der Waals surface area (Å²) in [5.74, 6) is 0.255. The van der Waals surface area contributed by atoms with Crippen LogP contribution in [0, 0.1) is 0 Å². The molecule has 4 rings (SSSR count). The zero-order valence-electron chi connectivity index (χ0n) is 11.6. The number of rotatable bonds is 2. The Hall–Kier alpha value is -2.72. The maximum absolute atomic E-state index is 10.3. The lowest BCUT2D eigenvalue weighted by Crippen LogP contribution is -1.93. The third-order valence-corrected chi connectivity index (χ3v) is 4.44. The molecule has 0 aliphatic heterocycles. The van der Waals surface area contributed by atoms with Gasteiger partial charge in [-0.2, -0.15) is 0 Å². The number of aromatic hydroxyl groups is 1. The minimum absolute atomic E-state index is 0.255. The van der Waals surface area contributed by atoms with Crippen LogP contribution in [0.2, 0.25) is 0 Å². The highest BCUT2D eigenvalue weighted by Gasteiger charge is 2.18. The van der Waals surface area contributed by atoms with Gasteiger partial charge in [0.2, 0.25) is 0 Å². The van der Waals surface area contributed by atoms with Crippen molar-refractivity contribution in [3.05, 3.63) is 66.0 Å². The Morgan fingerprint density at radius 1 is 0.773 bits per heavy atom. The Labute approximate surface area is 131 Å². The first kappa shape index (κ1) is 13.0. The van der Waals surface area contributed by atoms with E-state index in [1.807, 2.05) is 60.7 Å². The van der Waals surface area contributed by atoms with Gasteiger partial charge < -0.3 is 5.11 Å². The predicted molar refractivity (Wildman–Crippen MR) is 90.0 cm³/mol. The molecular formula is C18H12N2OS. The molecule has 0 spiro atoms. The molecule has 0 fully saturated rings. The molecule has 2 heterocycles. The van der Waals surface area contributed by atoms with E-state index in [0.717, 1.165) is 32.6 Å². The monoisotopic (exact) mass is 304 g/mol. The molecule has 3 nitrogen and oxygen atoms in total. The summed E-state index contributed by atoms with van der Waals surface area (Å²) in [6.07, 6.45) is 0. The van der Waals surface area contributed by atoms with Gasteiger partial charge in [0, 0.05) is 16.5 Å². The normalized spacial score (nSPS) is 10.9. The molecule has 22 heavy (non-hydrogen) atoms. The van der Waals surface area contributed by atoms with Gasteiger partial charge in [0.05, 0.1) is 5.39 Å². The van der Waals surface area contributed by atoms with Gasteiger partial charge in [0.15, 0.2) is 4.83 Å². The summed E-state index contributed by atoms with van der Waals surface area (Å²) in [5.41, 5.74) is 3.72. The molecule has 0 radical (unpaired) electrons. The largest absolute Gasteiger partial charge is 0.506 e. The molecule has 0 saturated heterocycles. The number of benzene rings is 2. The SMILES string of the molecule is Oc1csc2nnc(-c3ccccc3)c(-c3ccccc3)c12. The highest BCUT2D eigenvalue weighted by atomic mass is 32.1. The molecule has 0 atom stereocenters. The van der Waals surface area contributed by atoms with Crippen molar-refractivity contribution in [1.29, 1.82) is 0 Å². The fourth-order valence-electron chi connectivity index (χ4n) is 2.60. The van der Waals surface area contributed by atoms with E-state index in [2.05, 4.69) is 10.2 Å². The summed E-state index contributed by atoms with van der Waals surface area (Å²) in [4.78, 5) is 0.746. The van der Waals surface area contributed by atoms with Gasteiger partial charge in [-0.1, -0.05) is 60.7 Å². The smallest absolute Gasteiger partial charge is 0.150 e. The molecule has 0 amide bonds. The quantitative estimate of drug-likeness (QED) is 0.582. The minimum atomic E-state index is 0.255. The van der Waals surface area contributed by atoms with Crippen LogP contribution in [-0.2, 0) is 0 Å². The highest BCUT2D eigenvalue weighted by Crippen LogP contribution is 2.41. The summed E-state index contributed by atoms with van der Waals surface area (Å²) in [5, 5.41) is 21.4. The van der Waals surface area contributed by atoms with Crippen LogP contribution in [0.3, 0.4) is 0 Å². The maximum Gasteiger partial charge on any atom is 0.150 e. The average molecular weight is 304 g/mol. The molecule has 4 heteroatoms. The van der Waals surface area contributed by atoms with Crippen molar-refractivity contribution in [3.8, 4) is 28.1 Å². The Kier molecular flexibility index (Phi) is 3.09. The first-order valence-corrected chi connectivity index (χ1v) is 7.80. The number of hydrogen-bond donors (Lipinski definition) is 1. The van der Waals surface area contributed by atoms with E-state index >= 15 is 0 Å². The van der Waals surface area contributed by atoms with Gasteiger partial charge in [0.25, 0.3) is 0 Å². The zero-order valence-corrected chi connectivity index (χ0v) is 12.4. The molecule has 0 saturated carbocycles. The molecule has 0 aliphatic rings. The van der Waals surface area contributed by atoms with Crippen LogP contribution >= 0.6 is 11.3 Å². The van der Waals surface area contributed by atoms with Gasteiger partial charge >= 0.3 is 0 Å². The van der Waals surface area contributed by atoms with Crippen LogP contribution in [0.15, 0.2) is 66.0 Å². The van der Waals surface area contributed by atoms with E-state index in [9.17, 15) is 5.11 Å². The van der Waals surface area contributed by atoms with Gasteiger partial charge in [-0.25, -0.2) is 0 Å². The Morgan fingerprint density at radius 3 is 2.09 bits per heavy atom. The second kappa shape index (κ2) is 5.24. The third kappa shape index (κ3) is 2.05. The van der Waals surface area contributed by atoms with E-state index in [0.29, 0.717) is 0 Å². The van der Waals surface area contributed by atoms with Crippen LogP contribution in [0.5, 0.6) is 5.75 Å². The predicted octanol–water partition coefficient (Wildman–Crippen LogP) is 4.73. The fourth-order valence-corrected chi connectivity index (χ4v) is 3.35. The van der Waals surface area contributed by atoms with E-state index in [4.69, 9.17) is 0 Å². The van der Waals surface area contributed by atoms with E-state index in [1.165, 1.54) is 11.3 Å². The Balaban J connectivity index is 2.11. The summed E-state index contributed by atoms with van der Waals surface area (Å²) in [6.45, 7) is 0. The summed E-state index contributed by atoms with van der Waals surface area (Å²) < 4.78 is 0. The summed E-state index contributed by atoms with van der Waals surface area (Å²) in [6, 6.07) is 19.9. The van der Waals surface area contributed by atoms with Gasteiger partial charge in [-0.15, -0.1) is 21.5 Å². The first-order valence-electron chi connectivity index (χ1n) is 6.92. The Morgan fingerprint density at radius 2 is 1.41 bits per heavy atom. The molecule has 0 bridgehead atoms. The fraction of sp³-hybridized carbons (Fsp3) is 0. The molecule has 2 aromatic carbocycles. The molecule has 4 aromatic rings. The van der Waals surface area contributed by atoms with E-state index < -0.39 is 0 Å². The van der Waals surface area contributed by atoms with Crippen LogP contribution < -0.4 is 0 Å². The number of hydrogen-bond acceptors (Lipinski definition) is 4. The molecule has 2 aromatic heterocycles. The van der Waals surface area contributed by atoms with Crippen LogP contribution in [0.4, 0.5) is 0 Å². The third-order valence-electron chi connectivity index (χ3n) is 3.59. The molecule has 106 valence electrons. The number of nitrogens with zero attached hydrogens (tertiary/aromatic N) is 2. The second-order valence-electron chi connectivity index (χ2n) is 4.96. The van der Waals surface area contributed by atoms with Crippen molar-refractivity contribution in [1.82, 2.24) is 10.2 Å². The molecule has 1 N–H and O–H groups in total. The topological polar surface area (TPSA) is 46.0 Å². The zero-order chi connectivity index (χ0) is 14.9.